The average Bonchev–Trinajstić information content (AvgIpc) is 2.38. The van der Waals surface area contributed by atoms with Crippen molar-refractivity contribution in [2.75, 3.05) is 0 Å². The van der Waals surface area contributed by atoms with E-state index in [0.717, 1.165) is 18.2 Å². The zero-order valence-corrected chi connectivity index (χ0v) is 11.1. The lowest BCUT2D eigenvalue weighted by Crippen LogP contribution is -2.18. The minimum Gasteiger partial charge on any atom is -0.405 e. The number of benzene rings is 1. The largest absolute Gasteiger partial charge is 0.573 e. The number of rotatable bonds is 2. The first-order chi connectivity index (χ1) is 10.2. The fourth-order valence-electron chi connectivity index (χ4n) is 1.94. The highest BCUT2D eigenvalue weighted by molar-refractivity contribution is 5.75. The quantitative estimate of drug-likeness (QED) is 0.866. The van der Waals surface area contributed by atoms with Gasteiger partial charge in [0.2, 0.25) is 0 Å². The van der Waals surface area contributed by atoms with Gasteiger partial charge in [-0.25, -0.2) is 4.39 Å². The number of ether oxygens (including phenoxy) is 1. The number of halogens is 4. The Morgan fingerprint density at radius 1 is 1.23 bits per heavy atom. The highest BCUT2D eigenvalue weighted by atomic mass is 19.4. The number of alkyl halides is 3. The predicted molar refractivity (Wildman–Crippen MR) is 68.6 cm³/mol. The predicted octanol–water partition coefficient (Wildman–Crippen LogP) is 3.26. The number of pyridine rings is 1. The highest BCUT2D eigenvalue weighted by Gasteiger charge is 2.32. The molecule has 0 atom stereocenters. The monoisotopic (exact) mass is 312 g/mol. The molecule has 0 saturated heterocycles. The smallest absolute Gasteiger partial charge is 0.405 e. The number of hydrogen-bond acceptors (Lipinski definition) is 3. The minimum atomic E-state index is -4.99. The highest BCUT2D eigenvalue weighted by Crippen LogP contribution is 2.35. The van der Waals surface area contributed by atoms with E-state index in [1.54, 1.807) is 6.07 Å². The second-order valence-electron chi connectivity index (χ2n) is 4.37. The summed E-state index contributed by atoms with van der Waals surface area (Å²) < 4.78 is 54.5. The summed E-state index contributed by atoms with van der Waals surface area (Å²) in [4.78, 5) is 14.1. The lowest BCUT2D eigenvalue weighted by atomic mass is 10.00. The van der Waals surface area contributed by atoms with Crippen molar-refractivity contribution in [1.29, 1.82) is 5.26 Å². The molecule has 2 aromatic rings. The van der Waals surface area contributed by atoms with Gasteiger partial charge >= 0.3 is 6.36 Å². The SMILES string of the molecule is Cc1cc(-c2cc(F)ccc2OC(F)(F)F)c(C#N)c(=O)[nH]1. The van der Waals surface area contributed by atoms with Crippen molar-refractivity contribution in [1.82, 2.24) is 4.98 Å². The topological polar surface area (TPSA) is 65.9 Å². The minimum absolute atomic E-state index is 0.137. The van der Waals surface area contributed by atoms with Crippen LogP contribution in [0, 0.1) is 24.1 Å². The van der Waals surface area contributed by atoms with Gasteiger partial charge in [-0.05, 0) is 31.2 Å². The summed E-state index contributed by atoms with van der Waals surface area (Å²) in [6.07, 6.45) is -4.99. The summed E-state index contributed by atoms with van der Waals surface area (Å²) in [6.45, 7) is 1.48. The number of aromatic nitrogens is 1. The first kappa shape index (κ1) is 15.6. The van der Waals surface area contributed by atoms with Crippen LogP contribution in [0.15, 0.2) is 29.1 Å². The first-order valence-electron chi connectivity index (χ1n) is 5.91. The number of nitrogens with one attached hydrogen (secondary N) is 1. The molecular formula is C14H8F4N2O2. The van der Waals surface area contributed by atoms with Crippen LogP contribution in [0.3, 0.4) is 0 Å². The van der Waals surface area contributed by atoms with E-state index in [9.17, 15) is 22.4 Å². The molecule has 0 unspecified atom stereocenters. The van der Waals surface area contributed by atoms with E-state index in [1.807, 2.05) is 0 Å². The van der Waals surface area contributed by atoms with Crippen molar-refractivity contribution in [3.63, 3.8) is 0 Å². The normalized spacial score (nSPS) is 11.1. The third kappa shape index (κ3) is 3.25. The van der Waals surface area contributed by atoms with Crippen molar-refractivity contribution in [2.45, 2.75) is 13.3 Å². The van der Waals surface area contributed by atoms with E-state index in [4.69, 9.17) is 5.26 Å². The van der Waals surface area contributed by atoms with Crippen LogP contribution >= 0.6 is 0 Å². The van der Waals surface area contributed by atoms with Crippen LogP contribution in [0.5, 0.6) is 5.75 Å². The summed E-state index contributed by atoms with van der Waals surface area (Å²) in [5.41, 5.74) is -1.37. The number of aryl methyl sites for hydroxylation is 1. The van der Waals surface area contributed by atoms with Crippen molar-refractivity contribution < 1.29 is 22.3 Å². The molecule has 0 amide bonds. The van der Waals surface area contributed by atoms with E-state index >= 15 is 0 Å². The average molecular weight is 312 g/mol. The number of nitrogens with zero attached hydrogens (tertiary/aromatic N) is 1. The van der Waals surface area contributed by atoms with Crippen LogP contribution < -0.4 is 10.3 Å². The van der Waals surface area contributed by atoms with Crippen LogP contribution in [-0.2, 0) is 0 Å². The van der Waals surface area contributed by atoms with Gasteiger partial charge in [-0.1, -0.05) is 0 Å². The molecule has 0 aliphatic heterocycles. The second kappa shape index (κ2) is 5.52. The number of nitriles is 1. The Labute approximate surface area is 121 Å². The summed E-state index contributed by atoms with van der Waals surface area (Å²) >= 11 is 0. The Morgan fingerprint density at radius 3 is 2.50 bits per heavy atom. The summed E-state index contributed by atoms with van der Waals surface area (Å²) in [5, 5.41) is 9.02. The fraction of sp³-hybridized carbons (Fsp3) is 0.143. The Morgan fingerprint density at radius 2 is 1.91 bits per heavy atom. The van der Waals surface area contributed by atoms with Gasteiger partial charge < -0.3 is 9.72 Å². The summed E-state index contributed by atoms with van der Waals surface area (Å²) in [6, 6.07) is 5.22. The molecule has 4 nitrogen and oxygen atoms in total. The van der Waals surface area contributed by atoms with E-state index in [-0.39, 0.29) is 11.1 Å². The molecule has 0 aliphatic carbocycles. The standard InChI is InChI=1S/C14H8F4N2O2/c1-7-4-9(11(6-19)13(21)20-7)10-5-8(15)2-3-12(10)22-14(16,17)18/h2-5H,1H3,(H,20,21). The van der Waals surface area contributed by atoms with Crippen LogP contribution in [0.2, 0.25) is 0 Å². The van der Waals surface area contributed by atoms with E-state index in [2.05, 4.69) is 9.72 Å². The van der Waals surface area contributed by atoms with Crippen LogP contribution in [0.25, 0.3) is 11.1 Å². The fourth-order valence-corrected chi connectivity index (χ4v) is 1.94. The van der Waals surface area contributed by atoms with Gasteiger partial charge in [0, 0.05) is 16.8 Å². The molecule has 0 spiro atoms. The molecule has 0 radical (unpaired) electrons. The molecule has 114 valence electrons. The number of H-pyrrole nitrogens is 1. The van der Waals surface area contributed by atoms with Crippen molar-refractivity contribution >= 4 is 0 Å². The second-order valence-corrected chi connectivity index (χ2v) is 4.37. The lowest BCUT2D eigenvalue weighted by molar-refractivity contribution is -0.274. The zero-order valence-electron chi connectivity index (χ0n) is 11.1. The van der Waals surface area contributed by atoms with Crippen molar-refractivity contribution in [2.24, 2.45) is 0 Å². The third-order valence-electron chi connectivity index (χ3n) is 2.74. The molecule has 0 fully saturated rings. The molecule has 1 aromatic carbocycles. The van der Waals surface area contributed by atoms with E-state index in [0.29, 0.717) is 5.69 Å². The lowest BCUT2D eigenvalue weighted by Gasteiger charge is -2.14. The molecule has 2 rings (SSSR count). The van der Waals surface area contributed by atoms with Gasteiger partial charge in [0.25, 0.3) is 5.56 Å². The third-order valence-corrected chi connectivity index (χ3v) is 2.74. The van der Waals surface area contributed by atoms with Crippen LogP contribution in [-0.4, -0.2) is 11.3 Å². The van der Waals surface area contributed by atoms with Gasteiger partial charge in [-0.2, -0.15) is 5.26 Å². The van der Waals surface area contributed by atoms with Crippen LogP contribution in [0.1, 0.15) is 11.3 Å². The summed E-state index contributed by atoms with van der Waals surface area (Å²) in [5.74, 6) is -1.53. The molecular weight excluding hydrogens is 304 g/mol. The molecule has 1 heterocycles. The number of aromatic amines is 1. The Balaban J connectivity index is 2.75. The molecule has 1 N–H and O–H groups in total. The molecule has 8 heteroatoms. The number of hydrogen-bond donors (Lipinski definition) is 1. The van der Waals surface area contributed by atoms with Gasteiger partial charge in [0.05, 0.1) is 0 Å². The van der Waals surface area contributed by atoms with Crippen molar-refractivity contribution in [3.8, 4) is 22.9 Å². The van der Waals surface area contributed by atoms with Gasteiger partial charge in [-0.15, -0.1) is 13.2 Å². The van der Waals surface area contributed by atoms with Gasteiger partial charge in [0.1, 0.15) is 23.2 Å². The van der Waals surface area contributed by atoms with E-state index < -0.39 is 29.1 Å². The van der Waals surface area contributed by atoms with Crippen molar-refractivity contribution in [3.05, 3.63) is 51.7 Å². The maximum Gasteiger partial charge on any atom is 0.573 e. The molecule has 0 saturated carbocycles. The molecule has 0 aliphatic rings. The van der Waals surface area contributed by atoms with E-state index in [1.165, 1.54) is 13.0 Å². The van der Waals surface area contributed by atoms with Gasteiger partial charge in [0.15, 0.2) is 0 Å². The van der Waals surface area contributed by atoms with Gasteiger partial charge in [-0.3, -0.25) is 4.79 Å². The Kier molecular flexibility index (Phi) is 3.91. The molecule has 22 heavy (non-hydrogen) atoms. The molecule has 0 bridgehead atoms. The Hall–Kier alpha value is -2.82. The van der Waals surface area contributed by atoms with Crippen LogP contribution in [0.4, 0.5) is 17.6 Å². The maximum absolute atomic E-state index is 13.4. The maximum atomic E-state index is 13.4. The molecule has 1 aromatic heterocycles. The Bertz CT molecular complexity index is 819. The first-order valence-corrected chi connectivity index (χ1v) is 5.91. The summed E-state index contributed by atoms with van der Waals surface area (Å²) in [7, 11) is 0. The zero-order chi connectivity index (χ0) is 16.5.